The zero-order chi connectivity index (χ0) is 11.6. The Labute approximate surface area is 98.5 Å². The van der Waals surface area contributed by atoms with Gasteiger partial charge in [-0.2, -0.15) is 0 Å². The lowest BCUT2D eigenvalue weighted by molar-refractivity contribution is -0.00806. The van der Waals surface area contributed by atoms with E-state index in [1.807, 2.05) is 0 Å². The minimum Gasteiger partial charge on any atom is -0.394 e. The van der Waals surface area contributed by atoms with E-state index in [2.05, 4.69) is 4.90 Å². The molecule has 0 amide bonds. The fraction of sp³-hybridized carbons (Fsp3) is 1.00. The summed E-state index contributed by atoms with van der Waals surface area (Å²) in [5, 5.41) is 8.67. The number of nitrogens with zero attached hydrogens (tertiary/aromatic N) is 1. The van der Waals surface area contributed by atoms with Crippen LogP contribution in [0.2, 0.25) is 0 Å². The number of hydrogen-bond acceptors (Lipinski definition) is 4. The number of methoxy groups -OCH3 is 1. The Morgan fingerprint density at radius 2 is 1.94 bits per heavy atom. The van der Waals surface area contributed by atoms with Crippen molar-refractivity contribution in [1.29, 1.82) is 0 Å². The average Bonchev–Trinajstić information content (AvgIpc) is 2.33. The van der Waals surface area contributed by atoms with Crippen LogP contribution in [0.4, 0.5) is 0 Å². The van der Waals surface area contributed by atoms with Crippen molar-refractivity contribution >= 4 is 0 Å². The van der Waals surface area contributed by atoms with Crippen LogP contribution in [-0.2, 0) is 9.47 Å². The molecule has 16 heavy (non-hydrogen) atoms. The SMILES string of the molecule is COCCCCN1CCC(OCCO)CC1. The van der Waals surface area contributed by atoms with Gasteiger partial charge in [0.25, 0.3) is 0 Å². The van der Waals surface area contributed by atoms with E-state index in [4.69, 9.17) is 14.6 Å². The van der Waals surface area contributed by atoms with Crippen LogP contribution in [0.1, 0.15) is 25.7 Å². The Morgan fingerprint density at radius 3 is 2.56 bits per heavy atom. The third kappa shape index (κ3) is 5.80. The van der Waals surface area contributed by atoms with E-state index in [0.717, 1.165) is 39.0 Å². The van der Waals surface area contributed by atoms with Crippen molar-refractivity contribution in [3.05, 3.63) is 0 Å². The first-order chi connectivity index (χ1) is 7.86. The Morgan fingerprint density at radius 1 is 1.19 bits per heavy atom. The molecule has 0 aromatic heterocycles. The molecule has 1 rings (SSSR count). The standard InChI is InChI=1S/C12H25NO3/c1-15-10-3-2-6-13-7-4-12(5-8-13)16-11-9-14/h12,14H,2-11H2,1H3. The molecule has 0 aromatic carbocycles. The van der Waals surface area contributed by atoms with Crippen molar-refractivity contribution in [3.8, 4) is 0 Å². The molecule has 0 aliphatic carbocycles. The number of hydrogen-bond donors (Lipinski definition) is 1. The summed E-state index contributed by atoms with van der Waals surface area (Å²) < 4.78 is 10.6. The number of piperidine rings is 1. The first-order valence-corrected chi connectivity index (χ1v) is 6.30. The number of rotatable bonds is 8. The van der Waals surface area contributed by atoms with E-state index < -0.39 is 0 Å². The number of aliphatic hydroxyl groups is 1. The Kier molecular flexibility index (Phi) is 7.76. The summed E-state index contributed by atoms with van der Waals surface area (Å²) in [6.45, 7) is 4.92. The fourth-order valence-corrected chi connectivity index (χ4v) is 2.10. The van der Waals surface area contributed by atoms with E-state index in [1.54, 1.807) is 7.11 Å². The highest BCUT2D eigenvalue weighted by atomic mass is 16.5. The summed E-state index contributed by atoms with van der Waals surface area (Å²) in [5.74, 6) is 0. The first kappa shape index (κ1) is 13.9. The van der Waals surface area contributed by atoms with Crippen molar-refractivity contribution in [3.63, 3.8) is 0 Å². The van der Waals surface area contributed by atoms with E-state index in [-0.39, 0.29) is 6.61 Å². The topological polar surface area (TPSA) is 41.9 Å². The first-order valence-electron chi connectivity index (χ1n) is 6.30. The minimum atomic E-state index is 0.136. The second-order valence-electron chi connectivity index (χ2n) is 4.34. The minimum absolute atomic E-state index is 0.136. The van der Waals surface area contributed by atoms with Gasteiger partial charge in [-0.1, -0.05) is 0 Å². The lowest BCUT2D eigenvalue weighted by atomic mass is 10.1. The van der Waals surface area contributed by atoms with Crippen LogP contribution in [0.3, 0.4) is 0 Å². The number of likely N-dealkylation sites (tertiary alicyclic amines) is 1. The van der Waals surface area contributed by atoms with E-state index in [0.29, 0.717) is 12.7 Å². The Bertz CT molecular complexity index is 158. The zero-order valence-corrected chi connectivity index (χ0v) is 10.4. The molecular weight excluding hydrogens is 206 g/mol. The molecule has 1 fully saturated rings. The van der Waals surface area contributed by atoms with Crippen LogP contribution in [0.5, 0.6) is 0 Å². The third-order valence-corrected chi connectivity index (χ3v) is 3.05. The predicted molar refractivity (Wildman–Crippen MR) is 63.6 cm³/mol. The number of unbranched alkanes of at least 4 members (excludes halogenated alkanes) is 1. The lowest BCUT2D eigenvalue weighted by Crippen LogP contribution is -2.37. The molecule has 1 aliphatic heterocycles. The monoisotopic (exact) mass is 231 g/mol. The van der Waals surface area contributed by atoms with Crippen LogP contribution in [0.25, 0.3) is 0 Å². The summed E-state index contributed by atoms with van der Waals surface area (Å²) in [5.41, 5.74) is 0. The van der Waals surface area contributed by atoms with Gasteiger partial charge in [-0.15, -0.1) is 0 Å². The van der Waals surface area contributed by atoms with Gasteiger partial charge < -0.3 is 19.5 Å². The van der Waals surface area contributed by atoms with Crippen molar-refractivity contribution in [2.24, 2.45) is 0 Å². The van der Waals surface area contributed by atoms with Crippen LogP contribution in [0, 0.1) is 0 Å². The lowest BCUT2D eigenvalue weighted by Gasteiger charge is -2.31. The molecule has 4 nitrogen and oxygen atoms in total. The predicted octanol–water partition coefficient (Wildman–Crippen LogP) is 0.886. The molecule has 0 aromatic rings. The maximum absolute atomic E-state index is 8.67. The van der Waals surface area contributed by atoms with Crippen LogP contribution < -0.4 is 0 Å². The van der Waals surface area contributed by atoms with Crippen molar-refractivity contribution in [2.75, 3.05) is 46.6 Å². The fourth-order valence-electron chi connectivity index (χ4n) is 2.10. The normalized spacial score (nSPS) is 19.1. The van der Waals surface area contributed by atoms with Gasteiger partial charge in [-0.25, -0.2) is 0 Å². The van der Waals surface area contributed by atoms with E-state index >= 15 is 0 Å². The molecule has 1 aliphatic rings. The zero-order valence-electron chi connectivity index (χ0n) is 10.4. The van der Waals surface area contributed by atoms with Crippen molar-refractivity contribution < 1.29 is 14.6 Å². The van der Waals surface area contributed by atoms with Gasteiger partial charge in [0.1, 0.15) is 0 Å². The molecule has 1 saturated heterocycles. The van der Waals surface area contributed by atoms with Gasteiger partial charge in [0.15, 0.2) is 0 Å². The highest BCUT2D eigenvalue weighted by molar-refractivity contribution is 4.72. The highest BCUT2D eigenvalue weighted by Crippen LogP contribution is 2.13. The Balaban J connectivity index is 1.98. The van der Waals surface area contributed by atoms with Gasteiger partial charge in [0.05, 0.1) is 19.3 Å². The molecule has 1 heterocycles. The molecule has 0 radical (unpaired) electrons. The van der Waals surface area contributed by atoms with Gasteiger partial charge in [-0.05, 0) is 32.2 Å². The van der Waals surface area contributed by atoms with Gasteiger partial charge in [-0.3, -0.25) is 0 Å². The quantitative estimate of drug-likeness (QED) is 0.630. The van der Waals surface area contributed by atoms with Crippen LogP contribution >= 0.6 is 0 Å². The summed E-state index contributed by atoms with van der Waals surface area (Å²) in [6, 6.07) is 0. The molecule has 96 valence electrons. The molecule has 4 heteroatoms. The second kappa shape index (κ2) is 8.93. The molecule has 0 spiro atoms. The maximum Gasteiger partial charge on any atom is 0.0701 e. The largest absolute Gasteiger partial charge is 0.394 e. The van der Waals surface area contributed by atoms with E-state index in [9.17, 15) is 0 Å². The Hall–Kier alpha value is -0.160. The molecular formula is C12H25NO3. The van der Waals surface area contributed by atoms with E-state index in [1.165, 1.54) is 13.0 Å². The summed E-state index contributed by atoms with van der Waals surface area (Å²) in [7, 11) is 1.75. The summed E-state index contributed by atoms with van der Waals surface area (Å²) in [4.78, 5) is 2.49. The smallest absolute Gasteiger partial charge is 0.0701 e. The average molecular weight is 231 g/mol. The third-order valence-electron chi connectivity index (χ3n) is 3.05. The van der Waals surface area contributed by atoms with Crippen molar-refractivity contribution in [2.45, 2.75) is 31.8 Å². The van der Waals surface area contributed by atoms with Gasteiger partial charge in [0.2, 0.25) is 0 Å². The highest BCUT2D eigenvalue weighted by Gasteiger charge is 2.18. The number of aliphatic hydroxyl groups excluding tert-OH is 1. The maximum atomic E-state index is 8.67. The molecule has 0 saturated carbocycles. The molecule has 0 bridgehead atoms. The van der Waals surface area contributed by atoms with Crippen LogP contribution in [0.15, 0.2) is 0 Å². The van der Waals surface area contributed by atoms with Gasteiger partial charge >= 0.3 is 0 Å². The molecule has 0 atom stereocenters. The number of ether oxygens (including phenoxy) is 2. The summed E-state index contributed by atoms with van der Waals surface area (Å²) in [6.07, 6.45) is 4.93. The van der Waals surface area contributed by atoms with Crippen LogP contribution in [-0.4, -0.2) is 62.7 Å². The molecule has 1 N–H and O–H groups in total. The summed E-state index contributed by atoms with van der Waals surface area (Å²) >= 11 is 0. The molecule has 0 unspecified atom stereocenters. The van der Waals surface area contributed by atoms with Gasteiger partial charge in [0, 0.05) is 26.8 Å². The second-order valence-corrected chi connectivity index (χ2v) is 4.34. The van der Waals surface area contributed by atoms with Crippen molar-refractivity contribution in [1.82, 2.24) is 4.90 Å².